The van der Waals surface area contributed by atoms with E-state index < -0.39 is 0 Å². The average molecular weight is 340 g/mol. The average Bonchev–Trinajstić information content (AvgIpc) is 3.04. The van der Waals surface area contributed by atoms with Crippen LogP contribution < -0.4 is 10.6 Å². The number of rotatable bonds is 4. The summed E-state index contributed by atoms with van der Waals surface area (Å²) in [5.41, 5.74) is -0.241. The second kappa shape index (κ2) is 8.67. The van der Waals surface area contributed by atoms with Gasteiger partial charge in [0, 0.05) is 31.8 Å². The summed E-state index contributed by atoms with van der Waals surface area (Å²) >= 11 is 0. The number of amides is 1. The molecule has 2 unspecified atom stereocenters. The number of hydrogen-bond donors (Lipinski definition) is 2. The van der Waals surface area contributed by atoms with E-state index in [1.807, 2.05) is 27.7 Å². The zero-order valence-electron chi connectivity index (χ0n) is 15.4. The van der Waals surface area contributed by atoms with Gasteiger partial charge in [-0.3, -0.25) is 4.79 Å². The highest BCUT2D eigenvalue weighted by Crippen LogP contribution is 2.21. The third-order valence-corrected chi connectivity index (χ3v) is 3.99. The fraction of sp³-hybridized carbons (Fsp3) is 0.882. The molecule has 7 heteroatoms. The normalized spacial score (nSPS) is 25.7. The number of nitrogens with one attached hydrogen (secondary N) is 2. The molecule has 0 spiro atoms. The van der Waals surface area contributed by atoms with Crippen molar-refractivity contribution in [2.45, 2.75) is 58.3 Å². The Morgan fingerprint density at radius 2 is 2.00 bits per heavy atom. The highest BCUT2D eigenvalue weighted by Gasteiger charge is 2.32. The fourth-order valence-corrected chi connectivity index (χ4v) is 3.02. The summed E-state index contributed by atoms with van der Waals surface area (Å²) < 4.78 is 11.6. The molecule has 2 rings (SSSR count). The minimum Gasteiger partial charge on any atom is -0.375 e. The van der Waals surface area contributed by atoms with Crippen LogP contribution in [-0.4, -0.2) is 73.9 Å². The summed E-state index contributed by atoms with van der Waals surface area (Å²) in [6.07, 6.45) is 2.42. The van der Waals surface area contributed by atoms with Gasteiger partial charge in [-0.2, -0.15) is 0 Å². The number of morpholine rings is 1. The first-order valence-corrected chi connectivity index (χ1v) is 8.96. The molecule has 7 nitrogen and oxygen atoms in total. The van der Waals surface area contributed by atoms with Crippen molar-refractivity contribution >= 4 is 11.9 Å². The Kier molecular flexibility index (Phi) is 6.86. The van der Waals surface area contributed by atoms with E-state index in [4.69, 9.17) is 9.47 Å². The van der Waals surface area contributed by atoms with Crippen molar-refractivity contribution in [2.24, 2.45) is 4.99 Å². The van der Waals surface area contributed by atoms with Crippen molar-refractivity contribution in [1.29, 1.82) is 0 Å². The second-order valence-corrected chi connectivity index (χ2v) is 7.38. The lowest BCUT2D eigenvalue weighted by Gasteiger charge is -2.37. The SMILES string of the molecule is CCNC(=NCC(=O)NC(C)(C)C)N1CCOC(C2CCCO2)C1. The number of ether oxygens (including phenoxy) is 2. The molecule has 2 aliphatic rings. The minimum atomic E-state index is -0.241. The molecule has 0 bridgehead atoms. The molecule has 2 fully saturated rings. The number of aliphatic imine (C=N–C) groups is 1. The van der Waals surface area contributed by atoms with Crippen molar-refractivity contribution in [3.05, 3.63) is 0 Å². The van der Waals surface area contributed by atoms with Crippen LogP contribution in [0.4, 0.5) is 0 Å². The van der Waals surface area contributed by atoms with Gasteiger partial charge in [-0.1, -0.05) is 0 Å². The minimum absolute atomic E-state index is 0.0677. The maximum absolute atomic E-state index is 12.0. The van der Waals surface area contributed by atoms with Crippen LogP contribution in [0.2, 0.25) is 0 Å². The molecule has 0 aliphatic carbocycles. The lowest BCUT2D eigenvalue weighted by Crippen LogP contribution is -2.53. The van der Waals surface area contributed by atoms with E-state index in [-0.39, 0.29) is 30.2 Å². The highest BCUT2D eigenvalue weighted by atomic mass is 16.5. The third-order valence-electron chi connectivity index (χ3n) is 3.99. The number of carbonyl (C=O) groups excluding carboxylic acids is 1. The monoisotopic (exact) mass is 340 g/mol. The Balaban J connectivity index is 1.95. The molecule has 138 valence electrons. The molecule has 0 aromatic rings. The van der Waals surface area contributed by atoms with Crippen LogP contribution in [-0.2, 0) is 14.3 Å². The van der Waals surface area contributed by atoms with Crippen LogP contribution in [0.5, 0.6) is 0 Å². The first-order chi connectivity index (χ1) is 11.4. The summed E-state index contributed by atoms with van der Waals surface area (Å²) in [6.45, 7) is 11.8. The van der Waals surface area contributed by atoms with Gasteiger partial charge in [0.1, 0.15) is 12.6 Å². The fourth-order valence-electron chi connectivity index (χ4n) is 3.02. The van der Waals surface area contributed by atoms with Gasteiger partial charge in [0.05, 0.1) is 12.7 Å². The van der Waals surface area contributed by atoms with Gasteiger partial charge in [0.25, 0.3) is 0 Å². The van der Waals surface area contributed by atoms with Crippen LogP contribution >= 0.6 is 0 Å². The Morgan fingerprint density at radius 3 is 2.62 bits per heavy atom. The van der Waals surface area contributed by atoms with Gasteiger partial charge in [-0.25, -0.2) is 4.99 Å². The molecule has 0 saturated carbocycles. The van der Waals surface area contributed by atoms with E-state index in [0.717, 1.165) is 45.0 Å². The molecule has 1 amide bonds. The van der Waals surface area contributed by atoms with Crippen LogP contribution in [0.25, 0.3) is 0 Å². The van der Waals surface area contributed by atoms with Gasteiger partial charge in [0.15, 0.2) is 5.96 Å². The first kappa shape index (κ1) is 19.0. The largest absolute Gasteiger partial charge is 0.375 e. The maximum Gasteiger partial charge on any atom is 0.242 e. The summed E-state index contributed by atoms with van der Waals surface area (Å²) in [5, 5.41) is 6.22. The Morgan fingerprint density at radius 1 is 1.25 bits per heavy atom. The molecule has 0 aromatic heterocycles. The van der Waals surface area contributed by atoms with Crippen molar-refractivity contribution in [2.75, 3.05) is 39.4 Å². The van der Waals surface area contributed by atoms with Crippen molar-refractivity contribution in [3.8, 4) is 0 Å². The van der Waals surface area contributed by atoms with E-state index in [2.05, 4.69) is 20.5 Å². The Bertz CT molecular complexity index is 442. The number of guanidine groups is 1. The molecular formula is C17H32N4O3. The van der Waals surface area contributed by atoms with Crippen LogP contribution in [0.3, 0.4) is 0 Å². The Labute approximate surface area is 145 Å². The summed E-state index contributed by atoms with van der Waals surface area (Å²) in [5.74, 6) is 0.703. The van der Waals surface area contributed by atoms with Crippen molar-refractivity contribution in [1.82, 2.24) is 15.5 Å². The van der Waals surface area contributed by atoms with Gasteiger partial charge in [0.2, 0.25) is 5.91 Å². The van der Waals surface area contributed by atoms with Gasteiger partial charge >= 0.3 is 0 Å². The number of hydrogen-bond acceptors (Lipinski definition) is 4. The zero-order valence-corrected chi connectivity index (χ0v) is 15.4. The predicted octanol–water partition coefficient (Wildman–Crippen LogP) is 0.746. The standard InChI is InChI=1S/C17H32N4O3/c1-5-18-16(19-11-15(22)20-17(2,3)4)21-8-10-24-14(12-21)13-7-6-9-23-13/h13-14H,5-12H2,1-4H3,(H,18,19)(H,20,22). The quantitative estimate of drug-likeness (QED) is 0.583. The zero-order chi connectivity index (χ0) is 17.6. The summed E-state index contributed by atoms with van der Waals surface area (Å²) in [7, 11) is 0. The topological polar surface area (TPSA) is 75.2 Å². The number of carbonyl (C=O) groups is 1. The van der Waals surface area contributed by atoms with E-state index in [1.54, 1.807) is 0 Å². The maximum atomic E-state index is 12.0. The van der Waals surface area contributed by atoms with Crippen molar-refractivity contribution in [3.63, 3.8) is 0 Å². The summed E-state index contributed by atoms with van der Waals surface area (Å²) in [6, 6.07) is 0. The van der Waals surface area contributed by atoms with Crippen LogP contribution in [0.15, 0.2) is 4.99 Å². The van der Waals surface area contributed by atoms with E-state index in [9.17, 15) is 4.79 Å². The molecule has 0 radical (unpaired) electrons. The highest BCUT2D eigenvalue weighted by molar-refractivity contribution is 5.85. The lowest BCUT2D eigenvalue weighted by molar-refractivity contribution is -0.121. The molecule has 2 N–H and O–H groups in total. The summed E-state index contributed by atoms with van der Waals surface area (Å²) in [4.78, 5) is 18.7. The molecule has 2 atom stereocenters. The smallest absolute Gasteiger partial charge is 0.242 e. The van der Waals surface area contributed by atoms with Gasteiger partial charge in [-0.15, -0.1) is 0 Å². The molecule has 2 saturated heterocycles. The molecule has 24 heavy (non-hydrogen) atoms. The first-order valence-electron chi connectivity index (χ1n) is 8.96. The van der Waals surface area contributed by atoms with Gasteiger partial charge in [-0.05, 0) is 40.5 Å². The predicted molar refractivity (Wildman–Crippen MR) is 94.2 cm³/mol. The lowest BCUT2D eigenvalue weighted by atomic mass is 10.1. The second-order valence-electron chi connectivity index (χ2n) is 7.38. The van der Waals surface area contributed by atoms with Crippen molar-refractivity contribution < 1.29 is 14.3 Å². The molecule has 2 aliphatic heterocycles. The molecule has 2 heterocycles. The molecular weight excluding hydrogens is 308 g/mol. The third kappa shape index (κ3) is 5.94. The number of nitrogens with zero attached hydrogens (tertiary/aromatic N) is 2. The van der Waals surface area contributed by atoms with E-state index >= 15 is 0 Å². The van der Waals surface area contributed by atoms with Crippen LogP contribution in [0, 0.1) is 0 Å². The van der Waals surface area contributed by atoms with E-state index in [1.165, 1.54) is 0 Å². The van der Waals surface area contributed by atoms with Crippen LogP contribution in [0.1, 0.15) is 40.5 Å². The van der Waals surface area contributed by atoms with E-state index in [0.29, 0.717) is 6.61 Å². The molecule has 0 aromatic carbocycles. The Hall–Kier alpha value is -1.34. The van der Waals surface area contributed by atoms with Gasteiger partial charge < -0.3 is 25.0 Å².